The molecule has 7 heteroatoms. The summed E-state index contributed by atoms with van der Waals surface area (Å²) in [7, 11) is -2.79. The van der Waals surface area contributed by atoms with E-state index in [-0.39, 0.29) is 16.2 Å². The number of sulfonamides is 1. The summed E-state index contributed by atoms with van der Waals surface area (Å²) in [5.74, 6) is -0.727. The minimum atomic E-state index is -3.98. The Morgan fingerprint density at radius 3 is 2.28 bits per heavy atom. The molecular formula is C18H19NO5S. The third-order valence-corrected chi connectivity index (χ3v) is 4.96. The van der Waals surface area contributed by atoms with Crippen LogP contribution in [-0.2, 0) is 14.8 Å². The molecule has 0 bridgehead atoms. The van der Waals surface area contributed by atoms with Gasteiger partial charge in [-0.1, -0.05) is 19.1 Å². The molecular weight excluding hydrogens is 342 g/mol. The predicted octanol–water partition coefficient (Wildman–Crippen LogP) is 3.26. The van der Waals surface area contributed by atoms with Crippen LogP contribution in [0.5, 0.6) is 0 Å². The van der Waals surface area contributed by atoms with Crippen LogP contribution in [0.3, 0.4) is 0 Å². The molecule has 0 heterocycles. The van der Waals surface area contributed by atoms with Gasteiger partial charge in [0.15, 0.2) is 5.78 Å². The Hall–Kier alpha value is -2.67. The lowest BCUT2D eigenvalue weighted by atomic mass is 10.1. The number of methoxy groups -OCH3 is 1. The Labute approximate surface area is 146 Å². The van der Waals surface area contributed by atoms with E-state index >= 15 is 0 Å². The number of rotatable bonds is 7. The molecule has 0 saturated heterocycles. The van der Waals surface area contributed by atoms with E-state index in [0.29, 0.717) is 17.7 Å². The molecule has 0 aliphatic rings. The molecule has 0 radical (unpaired) electrons. The molecule has 1 N–H and O–H groups in total. The fraction of sp³-hybridized carbons (Fsp3) is 0.222. The summed E-state index contributed by atoms with van der Waals surface area (Å²) in [6.07, 6.45) is 1.19. The Kier molecular flexibility index (Phi) is 5.93. The third kappa shape index (κ3) is 4.45. The third-order valence-electron chi connectivity index (χ3n) is 3.52. The number of carbonyl (C=O) groups is 2. The fourth-order valence-electron chi connectivity index (χ4n) is 2.29. The van der Waals surface area contributed by atoms with Crippen molar-refractivity contribution in [3.63, 3.8) is 0 Å². The van der Waals surface area contributed by atoms with Crippen molar-refractivity contribution in [2.45, 2.75) is 24.7 Å². The summed E-state index contributed by atoms with van der Waals surface area (Å²) < 4.78 is 32.2. The molecule has 2 rings (SSSR count). The molecule has 0 atom stereocenters. The molecule has 0 fully saturated rings. The molecule has 2 aromatic carbocycles. The van der Waals surface area contributed by atoms with Gasteiger partial charge < -0.3 is 4.74 Å². The van der Waals surface area contributed by atoms with Crippen molar-refractivity contribution in [2.75, 3.05) is 11.8 Å². The summed E-state index contributed by atoms with van der Waals surface area (Å²) in [5, 5.41) is 0. The second-order valence-electron chi connectivity index (χ2n) is 5.34. The number of benzene rings is 2. The molecule has 6 nitrogen and oxygen atoms in total. The van der Waals surface area contributed by atoms with Crippen LogP contribution in [0.25, 0.3) is 0 Å². The highest BCUT2D eigenvalue weighted by Gasteiger charge is 2.22. The van der Waals surface area contributed by atoms with Gasteiger partial charge >= 0.3 is 5.97 Å². The highest BCUT2D eigenvalue weighted by molar-refractivity contribution is 7.92. The lowest BCUT2D eigenvalue weighted by Crippen LogP contribution is -2.17. The van der Waals surface area contributed by atoms with Gasteiger partial charge in [0.25, 0.3) is 10.0 Å². The standard InChI is InChI=1S/C18H19NO5S/c1-3-6-16(20)13-9-11-14(12-10-13)19-25(22,23)17-8-5-4-7-15(17)18(21)24-2/h4-5,7-12,19H,3,6H2,1-2H3. The van der Waals surface area contributed by atoms with Crippen LogP contribution in [0.15, 0.2) is 53.4 Å². The van der Waals surface area contributed by atoms with E-state index in [1.54, 1.807) is 18.2 Å². The molecule has 25 heavy (non-hydrogen) atoms. The van der Waals surface area contributed by atoms with E-state index < -0.39 is 16.0 Å². The molecule has 0 aromatic heterocycles. The number of hydrogen-bond acceptors (Lipinski definition) is 5. The number of carbonyl (C=O) groups excluding carboxylic acids is 2. The Balaban J connectivity index is 2.28. The molecule has 0 unspecified atom stereocenters. The van der Waals surface area contributed by atoms with Gasteiger partial charge in [-0.15, -0.1) is 0 Å². The van der Waals surface area contributed by atoms with Crippen molar-refractivity contribution in [2.24, 2.45) is 0 Å². The van der Waals surface area contributed by atoms with Crippen LogP contribution in [-0.4, -0.2) is 27.3 Å². The minimum Gasteiger partial charge on any atom is -0.465 e. The zero-order valence-electron chi connectivity index (χ0n) is 14.0. The highest BCUT2D eigenvalue weighted by Crippen LogP contribution is 2.21. The number of ketones is 1. The van der Waals surface area contributed by atoms with E-state index in [9.17, 15) is 18.0 Å². The van der Waals surface area contributed by atoms with Crippen molar-refractivity contribution in [1.29, 1.82) is 0 Å². The summed E-state index contributed by atoms with van der Waals surface area (Å²) in [4.78, 5) is 23.4. The van der Waals surface area contributed by atoms with Gasteiger partial charge in [-0.25, -0.2) is 13.2 Å². The van der Waals surface area contributed by atoms with E-state index in [4.69, 9.17) is 0 Å². The Morgan fingerprint density at radius 2 is 1.68 bits per heavy atom. The monoisotopic (exact) mass is 361 g/mol. The topological polar surface area (TPSA) is 89.5 Å². The van der Waals surface area contributed by atoms with Crippen molar-refractivity contribution < 1.29 is 22.7 Å². The van der Waals surface area contributed by atoms with Crippen LogP contribution in [0.2, 0.25) is 0 Å². The number of Topliss-reactive ketones (excluding diaryl/α,β-unsaturated/α-hetero) is 1. The first kappa shape index (κ1) is 18.7. The summed E-state index contributed by atoms with van der Waals surface area (Å²) in [6, 6.07) is 12.0. The van der Waals surface area contributed by atoms with Gasteiger partial charge in [-0.3, -0.25) is 9.52 Å². The van der Waals surface area contributed by atoms with Crippen molar-refractivity contribution in [1.82, 2.24) is 0 Å². The predicted molar refractivity (Wildman–Crippen MR) is 94.3 cm³/mol. The van der Waals surface area contributed by atoms with Crippen LogP contribution in [0, 0.1) is 0 Å². The molecule has 0 saturated carbocycles. The van der Waals surface area contributed by atoms with Crippen LogP contribution < -0.4 is 4.72 Å². The smallest absolute Gasteiger partial charge is 0.339 e. The fourth-order valence-corrected chi connectivity index (χ4v) is 3.54. The van der Waals surface area contributed by atoms with Crippen molar-refractivity contribution >= 4 is 27.5 Å². The average molecular weight is 361 g/mol. The summed E-state index contributed by atoms with van der Waals surface area (Å²) in [5.41, 5.74) is 0.778. The molecule has 0 aliphatic heterocycles. The second-order valence-corrected chi connectivity index (χ2v) is 6.99. The molecule has 0 aliphatic carbocycles. The first-order valence-corrected chi connectivity index (χ1v) is 9.20. The van der Waals surface area contributed by atoms with E-state index in [1.807, 2.05) is 6.92 Å². The van der Waals surface area contributed by atoms with Crippen LogP contribution >= 0.6 is 0 Å². The zero-order chi connectivity index (χ0) is 18.4. The first-order valence-electron chi connectivity index (χ1n) is 7.72. The zero-order valence-corrected chi connectivity index (χ0v) is 14.8. The van der Waals surface area contributed by atoms with Gasteiger partial charge in [0.1, 0.15) is 4.90 Å². The molecule has 0 amide bonds. The molecule has 132 valence electrons. The van der Waals surface area contributed by atoms with E-state index in [0.717, 1.165) is 6.42 Å². The average Bonchev–Trinajstić information content (AvgIpc) is 2.61. The number of esters is 1. The van der Waals surface area contributed by atoms with Gasteiger partial charge in [-0.05, 0) is 42.8 Å². The maximum atomic E-state index is 12.6. The van der Waals surface area contributed by atoms with Gasteiger partial charge in [0.05, 0.1) is 12.7 Å². The number of hydrogen-bond donors (Lipinski definition) is 1. The van der Waals surface area contributed by atoms with E-state index in [1.165, 1.54) is 37.4 Å². The molecule has 0 spiro atoms. The number of nitrogens with one attached hydrogen (secondary N) is 1. The Morgan fingerprint density at radius 1 is 1.04 bits per heavy atom. The lowest BCUT2D eigenvalue weighted by molar-refractivity contribution is 0.0596. The van der Waals surface area contributed by atoms with Gasteiger partial charge in [0.2, 0.25) is 0 Å². The maximum absolute atomic E-state index is 12.6. The van der Waals surface area contributed by atoms with Crippen LogP contribution in [0.4, 0.5) is 5.69 Å². The highest BCUT2D eigenvalue weighted by atomic mass is 32.2. The second kappa shape index (κ2) is 7.94. The lowest BCUT2D eigenvalue weighted by Gasteiger charge is -2.11. The largest absolute Gasteiger partial charge is 0.465 e. The van der Waals surface area contributed by atoms with Crippen molar-refractivity contribution in [3.8, 4) is 0 Å². The Bertz CT molecular complexity index is 873. The molecule has 2 aromatic rings. The number of anilines is 1. The summed E-state index contributed by atoms with van der Waals surface area (Å²) >= 11 is 0. The van der Waals surface area contributed by atoms with Gasteiger partial charge in [0, 0.05) is 17.7 Å². The van der Waals surface area contributed by atoms with E-state index in [2.05, 4.69) is 9.46 Å². The minimum absolute atomic E-state index is 0.00736. The maximum Gasteiger partial charge on any atom is 0.339 e. The van der Waals surface area contributed by atoms with Crippen molar-refractivity contribution in [3.05, 3.63) is 59.7 Å². The quantitative estimate of drug-likeness (QED) is 0.604. The van der Waals surface area contributed by atoms with Crippen LogP contribution in [0.1, 0.15) is 40.5 Å². The first-order chi connectivity index (χ1) is 11.9. The SMILES string of the molecule is CCCC(=O)c1ccc(NS(=O)(=O)c2ccccc2C(=O)OC)cc1. The van der Waals surface area contributed by atoms with Gasteiger partial charge in [-0.2, -0.15) is 0 Å². The normalized spacial score (nSPS) is 11.0. The number of ether oxygens (including phenoxy) is 1. The summed E-state index contributed by atoms with van der Waals surface area (Å²) in [6.45, 7) is 1.92.